The maximum Gasteiger partial charge on any atom is 0.239 e. The van der Waals surface area contributed by atoms with Crippen LogP contribution in [-0.4, -0.2) is 38.1 Å². The predicted molar refractivity (Wildman–Crippen MR) is 112 cm³/mol. The molecule has 0 saturated carbocycles. The Kier molecular flexibility index (Phi) is 5.99. The lowest BCUT2D eigenvalue weighted by Crippen LogP contribution is -2.42. The number of nitrogens with zero attached hydrogens (tertiary/aromatic N) is 1. The third-order valence-corrected chi connectivity index (χ3v) is 5.03. The van der Waals surface area contributed by atoms with Crippen molar-refractivity contribution in [2.75, 3.05) is 41.8 Å². The number of carbonyl (C=O) groups is 2. The van der Waals surface area contributed by atoms with Crippen molar-refractivity contribution in [2.24, 2.45) is 5.41 Å². The molecule has 2 amide bonds. The zero-order chi connectivity index (χ0) is 20.1. The lowest BCUT2D eigenvalue weighted by molar-refractivity contribution is -0.135. The summed E-state index contributed by atoms with van der Waals surface area (Å²) in [7, 11) is 0. The van der Waals surface area contributed by atoms with Gasteiger partial charge in [0, 0.05) is 18.8 Å². The van der Waals surface area contributed by atoms with Gasteiger partial charge in [0.2, 0.25) is 11.8 Å². The van der Waals surface area contributed by atoms with Crippen LogP contribution in [0.1, 0.15) is 19.4 Å². The maximum atomic E-state index is 13.0. The molecule has 2 aromatic rings. The van der Waals surface area contributed by atoms with Crippen molar-refractivity contribution in [1.82, 2.24) is 0 Å². The van der Waals surface area contributed by atoms with Gasteiger partial charge in [-0.25, -0.2) is 0 Å². The van der Waals surface area contributed by atoms with E-state index in [-0.39, 0.29) is 11.8 Å². The Morgan fingerprint density at radius 3 is 2.07 bits per heavy atom. The monoisotopic (exact) mass is 381 g/mol. The van der Waals surface area contributed by atoms with Crippen LogP contribution in [0.4, 0.5) is 17.1 Å². The van der Waals surface area contributed by atoms with Gasteiger partial charge in [-0.05, 0) is 44.5 Å². The summed E-state index contributed by atoms with van der Waals surface area (Å²) in [6.07, 6.45) is 0. The molecular weight excluding hydrogens is 354 g/mol. The fraction of sp³-hybridized carbons (Fsp3) is 0.364. The topological polar surface area (TPSA) is 70.7 Å². The van der Waals surface area contributed by atoms with E-state index in [1.807, 2.05) is 55.5 Å². The summed E-state index contributed by atoms with van der Waals surface area (Å²) in [5, 5.41) is 5.82. The summed E-state index contributed by atoms with van der Waals surface area (Å²) in [5.74, 6) is -0.692. The molecule has 1 aliphatic heterocycles. The average molecular weight is 381 g/mol. The first-order valence-electron chi connectivity index (χ1n) is 9.50. The second-order valence-electron chi connectivity index (χ2n) is 7.46. The number of nitrogens with one attached hydrogen (secondary N) is 2. The molecule has 0 unspecified atom stereocenters. The molecule has 0 bridgehead atoms. The first-order valence-corrected chi connectivity index (χ1v) is 9.50. The molecule has 0 aromatic heterocycles. The second kappa shape index (κ2) is 8.44. The van der Waals surface area contributed by atoms with Crippen LogP contribution in [0.5, 0.6) is 0 Å². The van der Waals surface area contributed by atoms with Gasteiger partial charge in [0.25, 0.3) is 0 Å². The van der Waals surface area contributed by atoms with Crippen LogP contribution in [0.25, 0.3) is 0 Å². The number of hydrogen-bond donors (Lipinski definition) is 2. The number of benzene rings is 2. The van der Waals surface area contributed by atoms with E-state index in [4.69, 9.17) is 4.74 Å². The van der Waals surface area contributed by atoms with Crippen LogP contribution in [-0.2, 0) is 14.3 Å². The lowest BCUT2D eigenvalue weighted by Gasteiger charge is -2.31. The molecule has 148 valence electrons. The molecule has 6 heteroatoms. The molecule has 0 radical (unpaired) electrons. The van der Waals surface area contributed by atoms with Gasteiger partial charge in [0.1, 0.15) is 5.41 Å². The molecule has 1 saturated heterocycles. The maximum absolute atomic E-state index is 13.0. The minimum atomic E-state index is -1.24. The first-order chi connectivity index (χ1) is 13.4. The largest absolute Gasteiger partial charge is 0.378 e. The van der Waals surface area contributed by atoms with Crippen molar-refractivity contribution in [2.45, 2.75) is 20.8 Å². The zero-order valence-electron chi connectivity index (χ0n) is 16.6. The van der Waals surface area contributed by atoms with Gasteiger partial charge in [-0.1, -0.05) is 30.3 Å². The van der Waals surface area contributed by atoms with Gasteiger partial charge in [0.15, 0.2) is 0 Å². The van der Waals surface area contributed by atoms with Gasteiger partial charge in [0.05, 0.1) is 24.6 Å². The Hall–Kier alpha value is -2.86. The Balaban J connectivity index is 1.74. The normalized spacial score (nSPS) is 14.5. The number of anilines is 3. The van der Waals surface area contributed by atoms with Crippen molar-refractivity contribution in [3.05, 3.63) is 54.1 Å². The van der Waals surface area contributed by atoms with E-state index in [0.29, 0.717) is 24.6 Å². The number of aryl methyl sites for hydroxylation is 1. The summed E-state index contributed by atoms with van der Waals surface area (Å²) in [6, 6.07) is 15.2. The Morgan fingerprint density at radius 2 is 1.43 bits per heavy atom. The van der Waals surface area contributed by atoms with E-state index >= 15 is 0 Å². The molecule has 0 aliphatic carbocycles. The first kappa shape index (κ1) is 19.9. The summed E-state index contributed by atoms with van der Waals surface area (Å²) < 4.78 is 5.41. The molecule has 28 heavy (non-hydrogen) atoms. The van der Waals surface area contributed by atoms with Gasteiger partial charge < -0.3 is 20.3 Å². The number of hydrogen-bond acceptors (Lipinski definition) is 4. The number of morpholine rings is 1. The van der Waals surface area contributed by atoms with Crippen LogP contribution >= 0.6 is 0 Å². The number of para-hydroxylation sites is 3. The van der Waals surface area contributed by atoms with E-state index in [0.717, 1.165) is 24.3 Å². The van der Waals surface area contributed by atoms with Crippen molar-refractivity contribution < 1.29 is 14.3 Å². The molecule has 1 heterocycles. The Labute approximate surface area is 165 Å². The fourth-order valence-electron chi connectivity index (χ4n) is 3.03. The third-order valence-electron chi connectivity index (χ3n) is 5.03. The van der Waals surface area contributed by atoms with Crippen LogP contribution in [0.2, 0.25) is 0 Å². The Morgan fingerprint density at radius 1 is 0.893 bits per heavy atom. The predicted octanol–water partition coefficient (Wildman–Crippen LogP) is 3.44. The highest BCUT2D eigenvalue weighted by atomic mass is 16.5. The molecular formula is C22H27N3O3. The van der Waals surface area contributed by atoms with Crippen molar-refractivity contribution in [3.8, 4) is 0 Å². The minimum absolute atomic E-state index is 0.344. The number of amides is 2. The SMILES string of the molecule is Cc1ccccc1NC(=O)C(C)(C)C(=O)Nc1ccccc1N1CCOCC1. The van der Waals surface area contributed by atoms with E-state index < -0.39 is 5.41 Å². The quantitative estimate of drug-likeness (QED) is 0.779. The van der Waals surface area contributed by atoms with E-state index in [1.54, 1.807) is 13.8 Å². The van der Waals surface area contributed by atoms with Crippen molar-refractivity contribution >= 4 is 28.9 Å². The molecule has 2 aromatic carbocycles. The van der Waals surface area contributed by atoms with Crippen molar-refractivity contribution in [3.63, 3.8) is 0 Å². The third kappa shape index (κ3) is 4.34. The lowest BCUT2D eigenvalue weighted by atomic mass is 9.90. The van der Waals surface area contributed by atoms with Crippen molar-refractivity contribution in [1.29, 1.82) is 0 Å². The zero-order valence-corrected chi connectivity index (χ0v) is 16.6. The average Bonchev–Trinajstić information content (AvgIpc) is 2.70. The highest BCUT2D eigenvalue weighted by molar-refractivity contribution is 6.14. The summed E-state index contributed by atoms with van der Waals surface area (Å²) in [5.41, 5.74) is 2.06. The summed E-state index contributed by atoms with van der Waals surface area (Å²) in [4.78, 5) is 28.0. The minimum Gasteiger partial charge on any atom is -0.378 e. The smallest absolute Gasteiger partial charge is 0.239 e. The molecule has 3 rings (SSSR count). The van der Waals surface area contributed by atoms with Gasteiger partial charge in [-0.3, -0.25) is 9.59 Å². The van der Waals surface area contributed by atoms with Crippen LogP contribution in [0.3, 0.4) is 0 Å². The molecule has 1 fully saturated rings. The highest BCUT2D eigenvalue weighted by Gasteiger charge is 2.36. The van der Waals surface area contributed by atoms with E-state index in [1.165, 1.54) is 0 Å². The fourth-order valence-corrected chi connectivity index (χ4v) is 3.03. The van der Waals surface area contributed by atoms with Crippen LogP contribution in [0.15, 0.2) is 48.5 Å². The molecule has 0 spiro atoms. The number of rotatable bonds is 5. The van der Waals surface area contributed by atoms with Crippen LogP contribution < -0.4 is 15.5 Å². The number of ether oxygens (including phenoxy) is 1. The molecule has 1 aliphatic rings. The van der Waals surface area contributed by atoms with E-state index in [2.05, 4.69) is 15.5 Å². The summed E-state index contributed by atoms with van der Waals surface area (Å²) >= 11 is 0. The van der Waals surface area contributed by atoms with E-state index in [9.17, 15) is 9.59 Å². The van der Waals surface area contributed by atoms with Crippen LogP contribution in [0, 0.1) is 12.3 Å². The molecule has 2 N–H and O–H groups in total. The highest BCUT2D eigenvalue weighted by Crippen LogP contribution is 2.29. The second-order valence-corrected chi connectivity index (χ2v) is 7.46. The molecule has 0 atom stereocenters. The standard InChI is InChI=1S/C22H27N3O3/c1-16-8-4-5-9-17(16)23-20(26)22(2,3)21(27)24-18-10-6-7-11-19(18)25-12-14-28-15-13-25/h4-11H,12-15H2,1-3H3,(H,23,26)(H,24,27). The van der Waals surface area contributed by atoms with Gasteiger partial charge in [-0.15, -0.1) is 0 Å². The molecule has 6 nitrogen and oxygen atoms in total. The van der Waals surface area contributed by atoms with Gasteiger partial charge in [-0.2, -0.15) is 0 Å². The number of carbonyl (C=O) groups excluding carboxylic acids is 2. The summed E-state index contributed by atoms with van der Waals surface area (Å²) in [6.45, 7) is 8.04. The van der Waals surface area contributed by atoms with Gasteiger partial charge >= 0.3 is 0 Å². The Bertz CT molecular complexity index is 858.